The molecule has 0 N–H and O–H groups in total. The molecule has 2 saturated carbocycles. The van der Waals surface area contributed by atoms with Crippen LogP contribution in [0.5, 0.6) is 0 Å². The summed E-state index contributed by atoms with van der Waals surface area (Å²) in [6, 6.07) is 0. The van der Waals surface area contributed by atoms with Crippen LogP contribution >= 0.6 is 0 Å². The minimum Gasteiger partial charge on any atom is -0.303 e. The maximum absolute atomic E-state index is 10.5. The van der Waals surface area contributed by atoms with Crippen LogP contribution in [-0.4, -0.2) is 6.29 Å². The average molecular weight is 276 g/mol. The molecule has 0 aromatic rings. The number of rotatable bonds is 7. The molecule has 2 rings (SSSR count). The fraction of sp³-hybridized carbons (Fsp3) is 0.842. The first-order chi connectivity index (χ1) is 9.83. The van der Waals surface area contributed by atoms with Crippen LogP contribution in [0, 0.1) is 23.7 Å². The highest BCUT2D eigenvalue weighted by Crippen LogP contribution is 2.42. The number of aldehydes is 1. The van der Waals surface area contributed by atoms with Crippen molar-refractivity contribution in [2.24, 2.45) is 23.7 Å². The molecule has 114 valence electrons. The molecule has 0 aliphatic heterocycles. The van der Waals surface area contributed by atoms with Gasteiger partial charge in [0.25, 0.3) is 0 Å². The van der Waals surface area contributed by atoms with Gasteiger partial charge in [-0.1, -0.05) is 31.8 Å². The second-order valence-electron chi connectivity index (χ2n) is 7.17. The lowest BCUT2D eigenvalue weighted by atomic mass is 9.68. The molecule has 0 aromatic carbocycles. The Morgan fingerprint density at radius 1 is 0.750 bits per heavy atom. The Balaban J connectivity index is 1.65. The SMILES string of the molecule is C=CCC[C@H]1CC[C@H](C2CCC(CCC=O)CC2)CC1. The zero-order valence-corrected chi connectivity index (χ0v) is 13.1. The Labute approximate surface area is 125 Å². The lowest BCUT2D eigenvalue weighted by molar-refractivity contribution is -0.108. The molecule has 0 radical (unpaired) electrons. The van der Waals surface area contributed by atoms with E-state index in [0.717, 1.165) is 42.8 Å². The fourth-order valence-corrected chi connectivity index (χ4v) is 4.55. The number of hydrogen-bond acceptors (Lipinski definition) is 1. The zero-order chi connectivity index (χ0) is 14.2. The molecular formula is C19H32O. The third-order valence-electron chi connectivity index (χ3n) is 5.92. The predicted molar refractivity (Wildman–Crippen MR) is 85.6 cm³/mol. The third kappa shape index (κ3) is 4.75. The third-order valence-corrected chi connectivity index (χ3v) is 5.92. The summed E-state index contributed by atoms with van der Waals surface area (Å²) >= 11 is 0. The Morgan fingerprint density at radius 2 is 1.20 bits per heavy atom. The maximum atomic E-state index is 10.5. The predicted octanol–water partition coefficient (Wildman–Crippen LogP) is 5.54. The molecule has 0 atom stereocenters. The summed E-state index contributed by atoms with van der Waals surface area (Å²) < 4.78 is 0. The first kappa shape index (κ1) is 15.8. The van der Waals surface area contributed by atoms with Crippen LogP contribution in [0.3, 0.4) is 0 Å². The Kier molecular flexibility index (Phi) is 6.82. The summed E-state index contributed by atoms with van der Waals surface area (Å²) in [5.41, 5.74) is 0. The number of carbonyl (C=O) groups excluding carboxylic acids is 1. The number of hydrogen-bond donors (Lipinski definition) is 0. The summed E-state index contributed by atoms with van der Waals surface area (Å²) in [4.78, 5) is 10.5. The van der Waals surface area contributed by atoms with Crippen molar-refractivity contribution in [1.82, 2.24) is 0 Å². The van der Waals surface area contributed by atoms with Gasteiger partial charge >= 0.3 is 0 Å². The van der Waals surface area contributed by atoms with Gasteiger partial charge in [-0.15, -0.1) is 6.58 Å². The van der Waals surface area contributed by atoms with Gasteiger partial charge in [-0.25, -0.2) is 0 Å². The Bertz CT molecular complexity index is 250. The summed E-state index contributed by atoms with van der Waals surface area (Å²) in [6.45, 7) is 3.84. The van der Waals surface area contributed by atoms with Crippen LogP contribution in [0.4, 0.5) is 0 Å². The van der Waals surface area contributed by atoms with E-state index in [0.29, 0.717) is 0 Å². The largest absolute Gasteiger partial charge is 0.303 e. The normalized spacial score (nSPS) is 34.6. The van der Waals surface area contributed by atoms with Gasteiger partial charge in [-0.2, -0.15) is 0 Å². The van der Waals surface area contributed by atoms with Crippen LogP contribution in [0.25, 0.3) is 0 Å². The number of allylic oxidation sites excluding steroid dienone is 1. The highest BCUT2D eigenvalue weighted by Gasteiger charge is 2.30. The first-order valence-corrected chi connectivity index (χ1v) is 8.88. The molecule has 2 fully saturated rings. The van der Waals surface area contributed by atoms with Gasteiger partial charge in [0.15, 0.2) is 0 Å². The molecule has 0 bridgehead atoms. The van der Waals surface area contributed by atoms with Gasteiger partial charge in [0.1, 0.15) is 6.29 Å². The van der Waals surface area contributed by atoms with Crippen molar-refractivity contribution in [3.05, 3.63) is 12.7 Å². The summed E-state index contributed by atoms with van der Waals surface area (Å²) in [5, 5.41) is 0. The molecule has 0 spiro atoms. The van der Waals surface area contributed by atoms with Crippen molar-refractivity contribution < 1.29 is 4.79 Å². The van der Waals surface area contributed by atoms with Crippen molar-refractivity contribution >= 4 is 6.29 Å². The van der Waals surface area contributed by atoms with Crippen LogP contribution in [0.15, 0.2) is 12.7 Å². The monoisotopic (exact) mass is 276 g/mol. The summed E-state index contributed by atoms with van der Waals surface area (Å²) in [5.74, 6) is 3.85. The van der Waals surface area contributed by atoms with E-state index in [-0.39, 0.29) is 0 Å². The smallest absolute Gasteiger partial charge is 0.120 e. The molecule has 0 unspecified atom stereocenters. The van der Waals surface area contributed by atoms with Gasteiger partial charge in [0.2, 0.25) is 0 Å². The molecule has 1 nitrogen and oxygen atoms in total. The summed E-state index contributed by atoms with van der Waals surface area (Å²) in [6.07, 6.45) is 19.2. The Hall–Kier alpha value is -0.590. The van der Waals surface area contributed by atoms with E-state index >= 15 is 0 Å². The van der Waals surface area contributed by atoms with Crippen LogP contribution < -0.4 is 0 Å². The van der Waals surface area contributed by atoms with Crippen molar-refractivity contribution in [3.63, 3.8) is 0 Å². The van der Waals surface area contributed by atoms with E-state index in [9.17, 15) is 4.79 Å². The van der Waals surface area contributed by atoms with Gasteiger partial charge in [0, 0.05) is 6.42 Å². The molecule has 0 saturated heterocycles. The van der Waals surface area contributed by atoms with E-state index in [1.54, 1.807) is 0 Å². The van der Waals surface area contributed by atoms with E-state index < -0.39 is 0 Å². The Morgan fingerprint density at radius 3 is 1.60 bits per heavy atom. The molecule has 20 heavy (non-hydrogen) atoms. The molecular weight excluding hydrogens is 244 g/mol. The molecule has 2 aliphatic carbocycles. The fourth-order valence-electron chi connectivity index (χ4n) is 4.55. The highest BCUT2D eigenvalue weighted by atomic mass is 16.1. The van der Waals surface area contributed by atoms with Gasteiger partial charge < -0.3 is 4.79 Å². The second-order valence-corrected chi connectivity index (χ2v) is 7.17. The minimum atomic E-state index is 0.781. The van der Waals surface area contributed by atoms with E-state index in [1.807, 2.05) is 0 Å². The average Bonchev–Trinajstić information content (AvgIpc) is 2.52. The van der Waals surface area contributed by atoms with E-state index in [2.05, 4.69) is 12.7 Å². The molecule has 1 heteroatoms. The zero-order valence-electron chi connectivity index (χ0n) is 13.1. The highest BCUT2D eigenvalue weighted by molar-refractivity contribution is 5.49. The quantitative estimate of drug-likeness (QED) is 0.440. The summed E-state index contributed by atoms with van der Waals surface area (Å²) in [7, 11) is 0. The lowest BCUT2D eigenvalue weighted by Crippen LogP contribution is -2.25. The van der Waals surface area contributed by atoms with Gasteiger partial charge in [0.05, 0.1) is 0 Å². The van der Waals surface area contributed by atoms with Crippen LogP contribution in [0.1, 0.15) is 77.0 Å². The van der Waals surface area contributed by atoms with Crippen molar-refractivity contribution in [3.8, 4) is 0 Å². The second kappa shape index (κ2) is 8.64. The van der Waals surface area contributed by atoms with Crippen molar-refractivity contribution in [2.45, 2.75) is 77.0 Å². The molecule has 0 aromatic heterocycles. The van der Waals surface area contributed by atoms with Crippen molar-refractivity contribution in [1.29, 1.82) is 0 Å². The van der Waals surface area contributed by atoms with Gasteiger partial charge in [-0.05, 0) is 68.6 Å². The molecule has 0 amide bonds. The van der Waals surface area contributed by atoms with E-state index in [1.165, 1.54) is 64.2 Å². The first-order valence-electron chi connectivity index (χ1n) is 8.88. The van der Waals surface area contributed by atoms with Crippen LogP contribution in [0.2, 0.25) is 0 Å². The van der Waals surface area contributed by atoms with Gasteiger partial charge in [-0.3, -0.25) is 0 Å². The maximum Gasteiger partial charge on any atom is 0.120 e. The molecule has 0 heterocycles. The van der Waals surface area contributed by atoms with E-state index in [4.69, 9.17) is 0 Å². The molecule has 2 aliphatic rings. The van der Waals surface area contributed by atoms with Crippen LogP contribution in [-0.2, 0) is 4.79 Å². The minimum absolute atomic E-state index is 0.781. The lowest BCUT2D eigenvalue weighted by Gasteiger charge is -2.37. The van der Waals surface area contributed by atoms with Crippen molar-refractivity contribution in [2.75, 3.05) is 0 Å². The number of carbonyl (C=O) groups is 1. The topological polar surface area (TPSA) is 17.1 Å². The standard InChI is InChI=1S/C19H32O/c1-2-3-5-16-7-11-18(12-8-16)19-13-9-17(10-14-19)6-4-15-20/h2,15-19H,1,3-14H2/t16-,17?,18-,19?.